The summed E-state index contributed by atoms with van der Waals surface area (Å²) in [6, 6.07) is 14.4. The lowest BCUT2D eigenvalue weighted by atomic mass is 9.81. The molecular formula is C23H30ClN3O2. The number of rotatable bonds is 6. The maximum absolute atomic E-state index is 10.6. The van der Waals surface area contributed by atoms with Gasteiger partial charge in [0.1, 0.15) is 0 Å². The second-order valence-electron chi connectivity index (χ2n) is 8.04. The topological polar surface area (TPSA) is 56.8 Å². The number of aromatic hydroxyl groups is 1. The largest absolute Gasteiger partial charge is 0.504 e. The number of ether oxygens (including phenoxy) is 1. The zero-order chi connectivity index (χ0) is 20.2. The molecule has 2 aliphatic heterocycles. The SMILES string of the molecule is CCOc1cccc(CN2CCCC(C3NNCC3c3ccc(Cl)cc3)C2)c1O. The molecule has 3 atom stereocenters. The van der Waals surface area contributed by atoms with Crippen molar-refractivity contribution < 1.29 is 9.84 Å². The Morgan fingerprint density at radius 2 is 2.03 bits per heavy atom. The van der Waals surface area contributed by atoms with Crippen molar-refractivity contribution in [1.29, 1.82) is 0 Å². The molecular weight excluding hydrogens is 386 g/mol. The van der Waals surface area contributed by atoms with Gasteiger partial charge in [0, 0.05) is 42.2 Å². The number of hydrogen-bond acceptors (Lipinski definition) is 5. The van der Waals surface area contributed by atoms with Crippen LogP contribution >= 0.6 is 11.6 Å². The highest BCUT2D eigenvalue weighted by atomic mass is 35.5. The quantitative estimate of drug-likeness (QED) is 0.667. The van der Waals surface area contributed by atoms with E-state index in [9.17, 15) is 5.11 Å². The normalized spacial score (nSPS) is 25.2. The number of halogens is 1. The van der Waals surface area contributed by atoms with Gasteiger partial charge < -0.3 is 9.84 Å². The third-order valence-electron chi connectivity index (χ3n) is 6.15. The Morgan fingerprint density at radius 3 is 2.83 bits per heavy atom. The molecule has 6 heteroatoms. The third-order valence-corrected chi connectivity index (χ3v) is 6.40. The standard InChI is InChI=1S/C23H30ClN3O2/c1-2-29-21-7-3-5-18(23(21)28)15-27-12-4-6-17(14-27)22-20(13-25-26-22)16-8-10-19(24)11-9-16/h3,5,7-11,17,20,22,25-26,28H,2,4,6,12-15H2,1H3. The molecule has 29 heavy (non-hydrogen) atoms. The van der Waals surface area contributed by atoms with Gasteiger partial charge in [-0.25, -0.2) is 0 Å². The molecule has 156 valence electrons. The molecule has 2 fully saturated rings. The van der Waals surface area contributed by atoms with Crippen LogP contribution in [0.1, 0.15) is 36.8 Å². The summed E-state index contributed by atoms with van der Waals surface area (Å²) in [5.41, 5.74) is 9.17. The van der Waals surface area contributed by atoms with Gasteiger partial charge in [-0.3, -0.25) is 15.8 Å². The van der Waals surface area contributed by atoms with Crippen molar-refractivity contribution in [2.75, 3.05) is 26.2 Å². The molecule has 2 aromatic rings. The van der Waals surface area contributed by atoms with E-state index in [2.05, 4.69) is 27.9 Å². The number of phenolic OH excluding ortho intramolecular Hbond substituents is 1. The van der Waals surface area contributed by atoms with E-state index in [4.69, 9.17) is 16.3 Å². The minimum absolute atomic E-state index is 0.274. The van der Waals surface area contributed by atoms with Crippen LogP contribution in [0.4, 0.5) is 0 Å². The van der Waals surface area contributed by atoms with Crippen LogP contribution in [0.5, 0.6) is 11.5 Å². The van der Waals surface area contributed by atoms with Crippen LogP contribution in [0, 0.1) is 5.92 Å². The molecule has 0 aromatic heterocycles. The molecule has 3 unspecified atom stereocenters. The number of piperidine rings is 1. The van der Waals surface area contributed by atoms with E-state index in [1.807, 2.05) is 37.3 Å². The minimum Gasteiger partial charge on any atom is -0.504 e. The Hall–Kier alpha value is -1.79. The average molecular weight is 416 g/mol. The van der Waals surface area contributed by atoms with Gasteiger partial charge in [-0.15, -0.1) is 0 Å². The number of likely N-dealkylation sites (tertiary alicyclic amines) is 1. The molecule has 2 heterocycles. The zero-order valence-corrected chi connectivity index (χ0v) is 17.7. The molecule has 0 spiro atoms. The van der Waals surface area contributed by atoms with Crippen LogP contribution in [0.2, 0.25) is 5.02 Å². The molecule has 0 saturated carbocycles. The minimum atomic E-state index is 0.274. The first-order valence-electron chi connectivity index (χ1n) is 10.6. The van der Waals surface area contributed by atoms with Crippen LogP contribution < -0.4 is 15.6 Å². The fraction of sp³-hybridized carbons (Fsp3) is 0.478. The lowest BCUT2D eigenvalue weighted by Crippen LogP contribution is -2.46. The van der Waals surface area contributed by atoms with E-state index >= 15 is 0 Å². The van der Waals surface area contributed by atoms with Gasteiger partial charge in [0.15, 0.2) is 11.5 Å². The zero-order valence-electron chi connectivity index (χ0n) is 16.9. The van der Waals surface area contributed by atoms with E-state index in [1.54, 1.807) is 0 Å². The van der Waals surface area contributed by atoms with E-state index in [-0.39, 0.29) is 5.75 Å². The number of hydrogen-bond donors (Lipinski definition) is 3. The van der Waals surface area contributed by atoms with Crippen LogP contribution in [0.15, 0.2) is 42.5 Å². The van der Waals surface area contributed by atoms with Gasteiger partial charge in [0.25, 0.3) is 0 Å². The molecule has 0 bridgehead atoms. The number of phenols is 1. The lowest BCUT2D eigenvalue weighted by molar-refractivity contribution is 0.138. The first-order valence-corrected chi connectivity index (χ1v) is 10.9. The summed E-state index contributed by atoms with van der Waals surface area (Å²) >= 11 is 6.08. The number of nitrogens with zero attached hydrogens (tertiary/aromatic N) is 1. The molecule has 3 N–H and O–H groups in total. The van der Waals surface area contributed by atoms with E-state index in [0.29, 0.717) is 30.2 Å². The van der Waals surface area contributed by atoms with Crippen molar-refractivity contribution in [2.45, 2.75) is 38.3 Å². The van der Waals surface area contributed by atoms with Gasteiger partial charge in [0.2, 0.25) is 0 Å². The fourth-order valence-corrected chi connectivity index (χ4v) is 4.86. The third kappa shape index (κ3) is 4.69. The Balaban J connectivity index is 1.44. The van der Waals surface area contributed by atoms with Crippen molar-refractivity contribution in [3.63, 3.8) is 0 Å². The summed E-state index contributed by atoms with van der Waals surface area (Å²) in [7, 11) is 0. The lowest BCUT2D eigenvalue weighted by Gasteiger charge is -2.37. The summed E-state index contributed by atoms with van der Waals surface area (Å²) < 4.78 is 5.54. The Kier molecular flexibility index (Phi) is 6.60. The second kappa shape index (κ2) is 9.35. The average Bonchev–Trinajstić information content (AvgIpc) is 3.22. The monoisotopic (exact) mass is 415 g/mol. The van der Waals surface area contributed by atoms with Gasteiger partial charge in [-0.05, 0) is 56.0 Å². The van der Waals surface area contributed by atoms with Crippen molar-refractivity contribution >= 4 is 11.6 Å². The fourth-order valence-electron chi connectivity index (χ4n) is 4.73. The predicted octanol–water partition coefficient (Wildman–Crippen LogP) is 3.92. The van der Waals surface area contributed by atoms with Crippen LogP contribution in [0.3, 0.4) is 0 Å². The highest BCUT2D eigenvalue weighted by Gasteiger charge is 2.36. The summed E-state index contributed by atoms with van der Waals surface area (Å²) in [5, 5.41) is 11.3. The Labute approximate surface area is 178 Å². The van der Waals surface area contributed by atoms with Crippen molar-refractivity contribution in [3.8, 4) is 11.5 Å². The molecule has 0 aliphatic carbocycles. The van der Waals surface area contributed by atoms with E-state index in [1.165, 1.54) is 18.4 Å². The maximum atomic E-state index is 10.6. The Morgan fingerprint density at radius 1 is 1.21 bits per heavy atom. The smallest absolute Gasteiger partial charge is 0.162 e. The summed E-state index contributed by atoms with van der Waals surface area (Å²) in [6.07, 6.45) is 2.38. The number of nitrogens with one attached hydrogen (secondary N) is 2. The van der Waals surface area contributed by atoms with Gasteiger partial charge in [-0.2, -0.15) is 0 Å². The first-order chi connectivity index (χ1) is 14.2. The van der Waals surface area contributed by atoms with E-state index < -0.39 is 0 Å². The van der Waals surface area contributed by atoms with Gasteiger partial charge >= 0.3 is 0 Å². The van der Waals surface area contributed by atoms with Gasteiger partial charge in [0.05, 0.1) is 6.61 Å². The summed E-state index contributed by atoms with van der Waals surface area (Å²) in [5.74, 6) is 1.84. The van der Waals surface area contributed by atoms with Crippen LogP contribution in [-0.4, -0.2) is 42.3 Å². The molecule has 0 radical (unpaired) electrons. The van der Waals surface area contributed by atoms with E-state index in [0.717, 1.165) is 36.8 Å². The molecule has 2 saturated heterocycles. The van der Waals surface area contributed by atoms with Crippen molar-refractivity contribution in [1.82, 2.24) is 15.8 Å². The van der Waals surface area contributed by atoms with Gasteiger partial charge in [-0.1, -0.05) is 35.9 Å². The molecule has 0 amide bonds. The maximum Gasteiger partial charge on any atom is 0.162 e. The molecule has 2 aliphatic rings. The molecule has 2 aromatic carbocycles. The number of hydrazine groups is 1. The molecule has 4 rings (SSSR count). The summed E-state index contributed by atoms with van der Waals surface area (Å²) in [4.78, 5) is 2.46. The predicted molar refractivity (Wildman–Crippen MR) is 116 cm³/mol. The summed E-state index contributed by atoms with van der Waals surface area (Å²) in [6.45, 7) is 6.23. The molecule has 5 nitrogen and oxygen atoms in total. The highest BCUT2D eigenvalue weighted by molar-refractivity contribution is 6.30. The number of para-hydroxylation sites is 1. The first kappa shape index (κ1) is 20.5. The van der Waals surface area contributed by atoms with Crippen LogP contribution in [-0.2, 0) is 6.54 Å². The van der Waals surface area contributed by atoms with Crippen molar-refractivity contribution in [2.24, 2.45) is 5.92 Å². The van der Waals surface area contributed by atoms with Crippen molar-refractivity contribution in [3.05, 3.63) is 58.6 Å². The highest BCUT2D eigenvalue weighted by Crippen LogP contribution is 2.34. The van der Waals surface area contributed by atoms with Crippen LogP contribution in [0.25, 0.3) is 0 Å². The Bertz CT molecular complexity index is 814. The second-order valence-corrected chi connectivity index (χ2v) is 8.48. The number of benzene rings is 2.